The Morgan fingerprint density at radius 2 is 2.14 bits per heavy atom. The minimum atomic E-state index is -4.79. The molecule has 0 bridgehead atoms. The van der Waals surface area contributed by atoms with Crippen molar-refractivity contribution < 1.29 is 27.8 Å². The van der Waals surface area contributed by atoms with Gasteiger partial charge < -0.3 is 15.2 Å². The molecule has 0 saturated carbocycles. The molecule has 0 unspecified atom stereocenters. The third-order valence-electron chi connectivity index (χ3n) is 2.40. The molecule has 1 heterocycles. The highest BCUT2D eigenvalue weighted by Gasteiger charge is 2.31. The van der Waals surface area contributed by atoms with Crippen molar-refractivity contribution >= 4 is 28.2 Å². The van der Waals surface area contributed by atoms with Gasteiger partial charge in [0, 0.05) is 11.8 Å². The fourth-order valence-electron chi connectivity index (χ4n) is 1.61. The SMILES string of the molecule is Cc1nsc(Nc2cccc(OC(F)(F)F)c2)c1C(=O)O. The van der Waals surface area contributed by atoms with Gasteiger partial charge in [0.05, 0.1) is 5.69 Å². The van der Waals surface area contributed by atoms with Crippen LogP contribution in [0.15, 0.2) is 24.3 Å². The third-order valence-corrected chi connectivity index (χ3v) is 3.26. The minimum absolute atomic E-state index is 0.0119. The Morgan fingerprint density at radius 3 is 2.76 bits per heavy atom. The zero-order chi connectivity index (χ0) is 15.6. The van der Waals surface area contributed by atoms with Gasteiger partial charge in [-0.2, -0.15) is 4.37 Å². The number of aromatic carboxylic acids is 1. The first-order valence-corrected chi connectivity index (χ1v) is 6.36. The predicted molar refractivity (Wildman–Crippen MR) is 70.2 cm³/mol. The van der Waals surface area contributed by atoms with Gasteiger partial charge in [0.15, 0.2) is 0 Å². The van der Waals surface area contributed by atoms with E-state index in [-0.39, 0.29) is 16.3 Å². The van der Waals surface area contributed by atoms with Gasteiger partial charge in [0.25, 0.3) is 0 Å². The number of rotatable bonds is 4. The highest BCUT2D eigenvalue weighted by atomic mass is 32.1. The summed E-state index contributed by atoms with van der Waals surface area (Å²) in [5.41, 5.74) is 0.586. The van der Waals surface area contributed by atoms with Gasteiger partial charge in [-0.05, 0) is 30.6 Å². The Hall–Kier alpha value is -2.29. The van der Waals surface area contributed by atoms with Crippen LogP contribution in [-0.2, 0) is 0 Å². The Bertz CT molecular complexity index is 670. The molecule has 2 aromatic rings. The molecular formula is C12H9F3N2O3S. The van der Waals surface area contributed by atoms with Crippen LogP contribution in [0.1, 0.15) is 16.1 Å². The van der Waals surface area contributed by atoms with Crippen LogP contribution in [0.25, 0.3) is 0 Å². The molecule has 2 N–H and O–H groups in total. The molecule has 9 heteroatoms. The van der Waals surface area contributed by atoms with Crippen molar-refractivity contribution in [2.24, 2.45) is 0 Å². The fraction of sp³-hybridized carbons (Fsp3) is 0.167. The van der Waals surface area contributed by atoms with Crippen LogP contribution in [0.4, 0.5) is 23.9 Å². The van der Waals surface area contributed by atoms with E-state index in [1.54, 1.807) is 0 Å². The maximum absolute atomic E-state index is 12.1. The highest BCUT2D eigenvalue weighted by molar-refractivity contribution is 7.10. The van der Waals surface area contributed by atoms with Crippen LogP contribution in [-0.4, -0.2) is 21.8 Å². The van der Waals surface area contributed by atoms with E-state index in [1.807, 2.05) is 0 Å². The van der Waals surface area contributed by atoms with E-state index in [2.05, 4.69) is 14.4 Å². The number of hydrogen-bond acceptors (Lipinski definition) is 5. The summed E-state index contributed by atoms with van der Waals surface area (Å²) in [6.45, 7) is 1.54. The second-order valence-corrected chi connectivity index (χ2v) is 4.75. The minimum Gasteiger partial charge on any atom is -0.478 e. The molecule has 2 rings (SSSR count). The standard InChI is InChI=1S/C12H9F3N2O3S/c1-6-9(11(18)19)10(21-17-6)16-7-3-2-4-8(5-7)20-12(13,14)15/h2-5,16H,1H3,(H,18,19). The lowest BCUT2D eigenvalue weighted by Crippen LogP contribution is -2.17. The van der Waals surface area contributed by atoms with E-state index < -0.39 is 18.1 Å². The molecular weight excluding hydrogens is 309 g/mol. The van der Waals surface area contributed by atoms with E-state index in [1.165, 1.54) is 19.1 Å². The molecule has 112 valence electrons. The number of benzene rings is 1. The third kappa shape index (κ3) is 3.85. The number of halogens is 3. The zero-order valence-corrected chi connectivity index (χ0v) is 11.4. The molecule has 21 heavy (non-hydrogen) atoms. The number of carboxylic acid groups (broad SMARTS) is 1. The molecule has 0 radical (unpaired) electrons. The quantitative estimate of drug-likeness (QED) is 0.897. The van der Waals surface area contributed by atoms with Crippen LogP contribution in [0.5, 0.6) is 5.75 Å². The van der Waals surface area contributed by atoms with Gasteiger partial charge >= 0.3 is 12.3 Å². The number of hydrogen-bond donors (Lipinski definition) is 2. The number of nitrogens with zero attached hydrogens (tertiary/aromatic N) is 1. The number of alkyl halides is 3. The van der Waals surface area contributed by atoms with Crippen LogP contribution in [0.3, 0.4) is 0 Å². The lowest BCUT2D eigenvalue weighted by molar-refractivity contribution is -0.274. The molecule has 0 amide bonds. The number of carbonyl (C=O) groups is 1. The summed E-state index contributed by atoms with van der Waals surface area (Å²) < 4.78 is 44.1. The van der Waals surface area contributed by atoms with Crippen molar-refractivity contribution in [1.29, 1.82) is 0 Å². The van der Waals surface area contributed by atoms with Gasteiger partial charge in [-0.15, -0.1) is 13.2 Å². The number of anilines is 2. The summed E-state index contributed by atoms with van der Waals surface area (Å²) in [6, 6.07) is 5.12. The second kappa shape index (κ2) is 5.60. The van der Waals surface area contributed by atoms with Crippen molar-refractivity contribution in [3.63, 3.8) is 0 Å². The molecule has 1 aromatic carbocycles. The number of nitrogens with one attached hydrogen (secondary N) is 1. The number of aromatic nitrogens is 1. The second-order valence-electron chi connectivity index (χ2n) is 3.98. The summed E-state index contributed by atoms with van der Waals surface area (Å²) in [4.78, 5) is 11.1. The van der Waals surface area contributed by atoms with Crippen molar-refractivity contribution in [1.82, 2.24) is 4.37 Å². The molecule has 1 aromatic heterocycles. The van der Waals surface area contributed by atoms with Crippen molar-refractivity contribution in [3.8, 4) is 5.75 Å². The van der Waals surface area contributed by atoms with Gasteiger partial charge in [-0.3, -0.25) is 0 Å². The summed E-state index contributed by atoms with van der Waals surface area (Å²) in [7, 11) is 0. The van der Waals surface area contributed by atoms with Crippen LogP contribution in [0.2, 0.25) is 0 Å². The lowest BCUT2D eigenvalue weighted by Gasteiger charge is -2.10. The van der Waals surface area contributed by atoms with Gasteiger partial charge in [0.2, 0.25) is 0 Å². The van der Waals surface area contributed by atoms with E-state index in [0.717, 1.165) is 23.7 Å². The van der Waals surface area contributed by atoms with Crippen LogP contribution >= 0.6 is 11.5 Å². The van der Waals surface area contributed by atoms with E-state index in [0.29, 0.717) is 5.69 Å². The van der Waals surface area contributed by atoms with Crippen molar-refractivity contribution in [3.05, 3.63) is 35.5 Å². The first-order chi connectivity index (χ1) is 9.76. The molecule has 0 atom stereocenters. The van der Waals surface area contributed by atoms with Crippen molar-refractivity contribution in [2.45, 2.75) is 13.3 Å². The Balaban J connectivity index is 2.25. The molecule has 5 nitrogen and oxygen atoms in total. The van der Waals surface area contributed by atoms with E-state index in [9.17, 15) is 18.0 Å². The summed E-state index contributed by atoms with van der Waals surface area (Å²) in [5, 5.41) is 12.0. The van der Waals surface area contributed by atoms with Crippen LogP contribution in [0, 0.1) is 6.92 Å². The van der Waals surface area contributed by atoms with Crippen LogP contribution < -0.4 is 10.1 Å². The monoisotopic (exact) mass is 318 g/mol. The van der Waals surface area contributed by atoms with Gasteiger partial charge in [0.1, 0.15) is 16.3 Å². The molecule has 0 aliphatic heterocycles. The number of carboxylic acids is 1. The average Bonchev–Trinajstić information content (AvgIpc) is 2.68. The Kier molecular flexibility index (Phi) is 4.03. The molecule has 0 fully saturated rings. The lowest BCUT2D eigenvalue weighted by atomic mass is 10.2. The zero-order valence-electron chi connectivity index (χ0n) is 10.6. The molecule has 0 aliphatic rings. The Labute approximate surface area is 121 Å². The average molecular weight is 318 g/mol. The largest absolute Gasteiger partial charge is 0.573 e. The first-order valence-electron chi connectivity index (χ1n) is 5.58. The maximum Gasteiger partial charge on any atom is 0.573 e. The highest BCUT2D eigenvalue weighted by Crippen LogP contribution is 2.30. The molecule has 0 aliphatic carbocycles. The number of aryl methyl sites for hydroxylation is 1. The van der Waals surface area contributed by atoms with E-state index >= 15 is 0 Å². The van der Waals surface area contributed by atoms with Gasteiger partial charge in [-0.25, -0.2) is 4.79 Å². The Morgan fingerprint density at radius 1 is 1.43 bits per heavy atom. The fourth-order valence-corrected chi connectivity index (χ4v) is 2.42. The summed E-state index contributed by atoms with van der Waals surface area (Å²) in [5.74, 6) is -1.56. The predicted octanol–water partition coefficient (Wildman–Crippen LogP) is 3.79. The molecule has 0 saturated heterocycles. The normalized spacial score (nSPS) is 11.2. The smallest absolute Gasteiger partial charge is 0.478 e. The van der Waals surface area contributed by atoms with Crippen molar-refractivity contribution in [2.75, 3.05) is 5.32 Å². The maximum atomic E-state index is 12.1. The summed E-state index contributed by atoms with van der Waals surface area (Å²) >= 11 is 0.913. The first kappa shape index (κ1) is 15.1. The topological polar surface area (TPSA) is 71.5 Å². The molecule has 0 spiro atoms. The van der Waals surface area contributed by atoms with Gasteiger partial charge in [-0.1, -0.05) is 6.07 Å². The summed E-state index contributed by atoms with van der Waals surface area (Å²) in [6.07, 6.45) is -4.79. The van der Waals surface area contributed by atoms with E-state index in [4.69, 9.17) is 5.11 Å². The number of ether oxygens (including phenoxy) is 1.